The van der Waals surface area contributed by atoms with Gasteiger partial charge in [0, 0.05) is 24.4 Å². The molecular weight excluding hydrogens is 189 g/mol. The van der Waals surface area contributed by atoms with Crippen molar-refractivity contribution in [3.8, 4) is 0 Å². The van der Waals surface area contributed by atoms with Gasteiger partial charge in [-0.15, -0.1) is 0 Å². The zero-order valence-corrected chi connectivity index (χ0v) is 9.46. The van der Waals surface area contributed by atoms with Gasteiger partial charge in [-0.2, -0.15) is 0 Å². The zero-order valence-electron chi connectivity index (χ0n) is 9.46. The van der Waals surface area contributed by atoms with Crippen LogP contribution in [0, 0.1) is 5.82 Å². The molecule has 0 saturated carbocycles. The van der Waals surface area contributed by atoms with Crippen molar-refractivity contribution >= 4 is 5.69 Å². The molecular formula is C13H18FN. The van der Waals surface area contributed by atoms with E-state index < -0.39 is 0 Å². The minimum atomic E-state index is -0.190. The maximum atomic E-state index is 12.5. The largest absolute Gasteiger partial charge is 0.345 e. The van der Waals surface area contributed by atoms with Crippen LogP contribution < -0.4 is 4.90 Å². The lowest BCUT2D eigenvalue weighted by molar-refractivity contribution is 0.627. The topological polar surface area (TPSA) is 3.24 Å². The molecule has 0 aliphatic carbocycles. The summed E-state index contributed by atoms with van der Waals surface area (Å²) in [7, 11) is 0. The predicted molar refractivity (Wildman–Crippen MR) is 63.5 cm³/mol. The summed E-state index contributed by atoms with van der Waals surface area (Å²) >= 11 is 0. The average molecular weight is 207 g/mol. The molecule has 0 aromatic heterocycles. The lowest BCUT2D eigenvalue weighted by Gasteiger charge is -2.35. The lowest BCUT2D eigenvalue weighted by Crippen LogP contribution is -2.33. The van der Waals surface area contributed by atoms with Crippen LogP contribution >= 0.6 is 0 Å². The Balaban J connectivity index is 0.000000337. The molecule has 0 spiro atoms. The molecule has 0 bridgehead atoms. The minimum absolute atomic E-state index is 0.190. The lowest BCUT2D eigenvalue weighted by atomic mass is 10.1. The van der Waals surface area contributed by atoms with Crippen molar-refractivity contribution in [2.75, 3.05) is 11.4 Å². The highest BCUT2D eigenvalue weighted by Gasteiger charge is 2.18. The van der Waals surface area contributed by atoms with E-state index in [1.54, 1.807) is 12.1 Å². The van der Waals surface area contributed by atoms with Crippen LogP contribution in [0.3, 0.4) is 0 Å². The Hall–Kier alpha value is -1.31. The molecule has 0 amide bonds. The summed E-state index contributed by atoms with van der Waals surface area (Å²) in [6.07, 6.45) is 2.30. The Morgan fingerprint density at radius 2 is 1.80 bits per heavy atom. The van der Waals surface area contributed by atoms with Gasteiger partial charge in [-0.3, -0.25) is 0 Å². The van der Waals surface area contributed by atoms with Gasteiger partial charge in [-0.25, -0.2) is 4.39 Å². The predicted octanol–water partition coefficient (Wildman–Crippen LogP) is 3.97. The molecule has 0 radical (unpaired) electrons. The minimum Gasteiger partial charge on any atom is -0.345 e. The van der Waals surface area contributed by atoms with Gasteiger partial charge in [0.25, 0.3) is 0 Å². The Morgan fingerprint density at radius 3 is 2.13 bits per heavy atom. The number of anilines is 1. The molecule has 1 nitrogen and oxygen atoms in total. The number of benzene rings is 1. The first-order valence-electron chi connectivity index (χ1n) is 5.40. The smallest absolute Gasteiger partial charge is 0.123 e. The molecule has 2 rings (SSSR count). The van der Waals surface area contributed by atoms with Crippen LogP contribution in [0.2, 0.25) is 0 Å². The van der Waals surface area contributed by atoms with Gasteiger partial charge in [0.05, 0.1) is 0 Å². The second-order valence-electron chi connectivity index (χ2n) is 3.65. The van der Waals surface area contributed by atoms with E-state index in [0.717, 1.165) is 24.4 Å². The van der Waals surface area contributed by atoms with Gasteiger partial charge >= 0.3 is 0 Å². The molecule has 1 aromatic carbocycles. The van der Waals surface area contributed by atoms with Crippen molar-refractivity contribution in [3.05, 3.63) is 42.4 Å². The summed E-state index contributed by atoms with van der Waals surface area (Å²) in [6, 6.07) is 6.50. The quantitative estimate of drug-likeness (QED) is 0.673. The molecule has 0 unspecified atom stereocenters. The van der Waals surface area contributed by atoms with Crippen molar-refractivity contribution in [3.63, 3.8) is 0 Å². The summed E-state index contributed by atoms with van der Waals surface area (Å²) in [6.45, 7) is 9.13. The molecule has 1 aliphatic rings. The first kappa shape index (κ1) is 11.8. The number of hydrogen-bond donors (Lipinski definition) is 0. The normalized spacial score (nSPS) is 14.1. The van der Waals surface area contributed by atoms with E-state index in [2.05, 4.69) is 25.3 Å². The number of nitrogens with zero attached hydrogens (tertiary/aromatic N) is 1. The Labute approximate surface area is 91.2 Å². The van der Waals surface area contributed by atoms with E-state index in [1.165, 1.54) is 18.6 Å². The van der Waals surface area contributed by atoms with E-state index in [4.69, 9.17) is 0 Å². The zero-order chi connectivity index (χ0) is 11.3. The Morgan fingerprint density at radius 1 is 1.27 bits per heavy atom. The summed E-state index contributed by atoms with van der Waals surface area (Å²) in [5.74, 6) is -0.190. The van der Waals surface area contributed by atoms with E-state index in [9.17, 15) is 4.39 Å². The first-order chi connectivity index (χ1) is 7.19. The highest BCUT2D eigenvalue weighted by atomic mass is 19.1. The standard InChI is InChI=1S/C10H10FN.C3H8/c1-8-6-7-12(8)10-4-2-9(11)3-5-10;1-3-2/h2-5H,1,6-7H2;3H2,1-2H3. The third-order valence-corrected chi connectivity index (χ3v) is 2.14. The van der Waals surface area contributed by atoms with Gasteiger partial charge in [-0.1, -0.05) is 26.8 Å². The van der Waals surface area contributed by atoms with Crippen molar-refractivity contribution < 1.29 is 4.39 Å². The molecule has 15 heavy (non-hydrogen) atoms. The van der Waals surface area contributed by atoms with Crippen LogP contribution in [-0.2, 0) is 0 Å². The first-order valence-corrected chi connectivity index (χ1v) is 5.40. The molecule has 1 heterocycles. The van der Waals surface area contributed by atoms with Crippen molar-refractivity contribution in [2.45, 2.75) is 26.7 Å². The molecule has 1 saturated heterocycles. The number of hydrogen-bond acceptors (Lipinski definition) is 1. The van der Waals surface area contributed by atoms with Gasteiger partial charge in [0.1, 0.15) is 5.82 Å². The van der Waals surface area contributed by atoms with Crippen LogP contribution in [0.15, 0.2) is 36.5 Å². The van der Waals surface area contributed by atoms with Crippen molar-refractivity contribution in [2.24, 2.45) is 0 Å². The van der Waals surface area contributed by atoms with E-state index in [0.29, 0.717) is 0 Å². The molecule has 0 atom stereocenters. The maximum Gasteiger partial charge on any atom is 0.123 e. The van der Waals surface area contributed by atoms with E-state index >= 15 is 0 Å². The van der Waals surface area contributed by atoms with Crippen molar-refractivity contribution in [1.29, 1.82) is 0 Å². The summed E-state index contributed by atoms with van der Waals surface area (Å²) < 4.78 is 12.5. The molecule has 1 aromatic rings. The molecule has 0 N–H and O–H groups in total. The Bertz CT molecular complexity index is 316. The fourth-order valence-electron chi connectivity index (χ4n) is 1.31. The average Bonchev–Trinajstić information content (AvgIpc) is 2.20. The second kappa shape index (κ2) is 5.54. The number of rotatable bonds is 1. The summed E-state index contributed by atoms with van der Waals surface area (Å²) in [5.41, 5.74) is 2.15. The summed E-state index contributed by atoms with van der Waals surface area (Å²) in [4.78, 5) is 2.08. The fourth-order valence-corrected chi connectivity index (χ4v) is 1.31. The highest BCUT2D eigenvalue weighted by Crippen LogP contribution is 2.27. The van der Waals surface area contributed by atoms with Gasteiger partial charge < -0.3 is 4.90 Å². The molecule has 2 heteroatoms. The van der Waals surface area contributed by atoms with Crippen molar-refractivity contribution in [1.82, 2.24) is 0 Å². The SMILES string of the molecule is C=C1CCN1c1ccc(F)cc1.CCC. The highest BCUT2D eigenvalue weighted by molar-refractivity contribution is 5.55. The van der Waals surface area contributed by atoms with E-state index in [-0.39, 0.29) is 5.82 Å². The van der Waals surface area contributed by atoms with Crippen LogP contribution in [0.4, 0.5) is 10.1 Å². The Kier molecular flexibility index (Phi) is 4.35. The summed E-state index contributed by atoms with van der Waals surface area (Å²) in [5, 5.41) is 0. The molecule has 82 valence electrons. The van der Waals surface area contributed by atoms with Crippen LogP contribution in [-0.4, -0.2) is 6.54 Å². The fraction of sp³-hybridized carbons (Fsp3) is 0.385. The second-order valence-corrected chi connectivity index (χ2v) is 3.65. The molecule has 1 fully saturated rings. The van der Waals surface area contributed by atoms with Crippen LogP contribution in [0.5, 0.6) is 0 Å². The third-order valence-electron chi connectivity index (χ3n) is 2.14. The maximum absolute atomic E-state index is 12.5. The van der Waals surface area contributed by atoms with Gasteiger partial charge in [-0.05, 0) is 24.3 Å². The van der Waals surface area contributed by atoms with Gasteiger partial charge in [0.15, 0.2) is 0 Å². The van der Waals surface area contributed by atoms with Gasteiger partial charge in [0.2, 0.25) is 0 Å². The molecule has 1 aliphatic heterocycles. The number of halogens is 1. The third kappa shape index (κ3) is 3.08. The van der Waals surface area contributed by atoms with E-state index in [1.807, 2.05) is 0 Å². The van der Waals surface area contributed by atoms with Crippen LogP contribution in [0.1, 0.15) is 26.7 Å². The monoisotopic (exact) mass is 207 g/mol. The van der Waals surface area contributed by atoms with Crippen LogP contribution in [0.25, 0.3) is 0 Å².